The minimum absolute atomic E-state index is 0.0451. The zero-order chi connectivity index (χ0) is 21.3. The maximum atomic E-state index is 12.4. The Hall–Kier alpha value is -2.57. The molecule has 4 nitrogen and oxygen atoms in total. The van der Waals surface area contributed by atoms with Gasteiger partial charge in [0.1, 0.15) is 16.7 Å². The van der Waals surface area contributed by atoms with Gasteiger partial charge in [-0.1, -0.05) is 55.2 Å². The van der Waals surface area contributed by atoms with E-state index in [0.29, 0.717) is 15.8 Å². The first-order valence-corrected chi connectivity index (χ1v) is 11.2. The molecule has 0 spiro atoms. The summed E-state index contributed by atoms with van der Waals surface area (Å²) < 4.78 is 8.83. The third-order valence-electron chi connectivity index (χ3n) is 5.21. The second-order valence-corrected chi connectivity index (χ2v) is 9.07. The average molecular weight is 437 g/mol. The van der Waals surface area contributed by atoms with Crippen LogP contribution in [0.2, 0.25) is 0 Å². The maximum absolute atomic E-state index is 12.4. The van der Waals surface area contributed by atoms with E-state index < -0.39 is 0 Å². The molecule has 0 unspecified atom stereocenters. The summed E-state index contributed by atoms with van der Waals surface area (Å²) in [7, 11) is 1.72. The van der Waals surface area contributed by atoms with Gasteiger partial charge in [-0.05, 0) is 48.7 Å². The minimum atomic E-state index is -0.0451. The molecule has 1 fully saturated rings. The van der Waals surface area contributed by atoms with Crippen molar-refractivity contribution in [1.29, 1.82) is 0 Å². The van der Waals surface area contributed by atoms with Crippen LogP contribution in [0.1, 0.15) is 23.6 Å². The minimum Gasteiger partial charge on any atom is -0.492 e. The van der Waals surface area contributed by atoms with Crippen molar-refractivity contribution in [2.24, 2.45) is 0 Å². The van der Waals surface area contributed by atoms with Crippen molar-refractivity contribution in [3.8, 4) is 5.75 Å². The Labute approximate surface area is 186 Å². The molecule has 1 aliphatic heterocycles. The number of amides is 1. The van der Waals surface area contributed by atoms with Gasteiger partial charge in [0, 0.05) is 29.7 Å². The number of carbonyl (C=O) groups is 1. The Morgan fingerprint density at radius 3 is 2.73 bits per heavy atom. The lowest BCUT2D eigenvalue weighted by Gasteiger charge is -2.10. The third-order valence-corrected chi connectivity index (χ3v) is 6.70. The van der Waals surface area contributed by atoms with Gasteiger partial charge >= 0.3 is 0 Å². The largest absolute Gasteiger partial charge is 0.492 e. The summed E-state index contributed by atoms with van der Waals surface area (Å²) in [6.45, 7) is 5.54. The molecule has 0 radical (unpaired) electrons. The van der Waals surface area contributed by atoms with Crippen molar-refractivity contribution in [1.82, 2.24) is 9.47 Å². The summed E-state index contributed by atoms with van der Waals surface area (Å²) in [5.74, 6) is 0.867. The van der Waals surface area contributed by atoms with Crippen LogP contribution in [0.25, 0.3) is 17.0 Å². The molecule has 4 rings (SSSR count). The van der Waals surface area contributed by atoms with E-state index >= 15 is 0 Å². The zero-order valence-electron chi connectivity index (χ0n) is 17.3. The fourth-order valence-corrected chi connectivity index (χ4v) is 4.81. The van der Waals surface area contributed by atoms with Crippen LogP contribution in [0.4, 0.5) is 0 Å². The summed E-state index contributed by atoms with van der Waals surface area (Å²) >= 11 is 6.60. The Bertz CT molecular complexity index is 1160. The van der Waals surface area contributed by atoms with Gasteiger partial charge in [-0.25, -0.2) is 0 Å². The molecule has 0 saturated carbocycles. The van der Waals surface area contributed by atoms with Crippen molar-refractivity contribution in [2.45, 2.75) is 26.8 Å². The molecule has 2 aromatic carbocycles. The predicted molar refractivity (Wildman–Crippen MR) is 129 cm³/mol. The van der Waals surface area contributed by atoms with Crippen LogP contribution in [0.15, 0.2) is 53.6 Å². The quantitative estimate of drug-likeness (QED) is 0.382. The number of likely N-dealkylation sites (N-methyl/N-ethyl adjacent to an activating group) is 1. The number of benzene rings is 2. The second kappa shape index (κ2) is 8.66. The molecule has 6 heteroatoms. The van der Waals surface area contributed by atoms with Gasteiger partial charge in [-0.3, -0.25) is 9.69 Å². The number of aromatic nitrogens is 1. The maximum Gasteiger partial charge on any atom is 0.265 e. The summed E-state index contributed by atoms with van der Waals surface area (Å²) in [5, 5.41) is 1.11. The number of thiocarbonyl (C=S) groups is 1. The van der Waals surface area contributed by atoms with E-state index in [2.05, 4.69) is 54.9 Å². The molecule has 154 valence electrons. The van der Waals surface area contributed by atoms with E-state index in [1.807, 2.05) is 18.2 Å². The Morgan fingerprint density at radius 1 is 1.20 bits per heavy atom. The fourth-order valence-electron chi connectivity index (χ4n) is 3.64. The first-order valence-electron chi connectivity index (χ1n) is 9.99. The summed E-state index contributed by atoms with van der Waals surface area (Å²) in [6, 6.07) is 14.6. The number of para-hydroxylation sites is 1. The van der Waals surface area contributed by atoms with Gasteiger partial charge in [0.25, 0.3) is 5.91 Å². The monoisotopic (exact) mass is 436 g/mol. The molecule has 2 heterocycles. The lowest BCUT2D eigenvalue weighted by Crippen LogP contribution is -2.22. The van der Waals surface area contributed by atoms with E-state index in [1.165, 1.54) is 27.8 Å². The van der Waals surface area contributed by atoms with Crippen molar-refractivity contribution in [3.05, 3.63) is 70.3 Å². The van der Waals surface area contributed by atoms with Crippen LogP contribution in [-0.4, -0.2) is 33.3 Å². The molecule has 1 aromatic heterocycles. The Kier molecular flexibility index (Phi) is 5.97. The number of thioether (sulfide) groups is 1. The standard InChI is InChI=1S/C24H24N2O2S2/c1-4-17-11-16(2)12-19(13-17)28-10-9-26-15-18(20-7-5-6-8-21(20)26)14-22-23(27)25(3)24(29)30-22/h5-8,11-15H,4,9-10H2,1-3H3. The molecule has 0 bridgehead atoms. The number of aryl methyl sites for hydroxylation is 2. The van der Waals surface area contributed by atoms with Crippen LogP contribution in [0, 0.1) is 6.92 Å². The van der Waals surface area contributed by atoms with Crippen LogP contribution < -0.4 is 4.74 Å². The average Bonchev–Trinajstić information content (AvgIpc) is 3.20. The highest BCUT2D eigenvalue weighted by Gasteiger charge is 2.29. The number of carbonyl (C=O) groups excluding carboxylic acids is 1. The van der Waals surface area contributed by atoms with Gasteiger partial charge in [-0.2, -0.15) is 0 Å². The fraction of sp³-hybridized carbons (Fsp3) is 0.250. The van der Waals surface area contributed by atoms with Gasteiger partial charge < -0.3 is 9.30 Å². The molecule has 1 amide bonds. The molecule has 30 heavy (non-hydrogen) atoms. The molecule has 3 aromatic rings. The topological polar surface area (TPSA) is 34.5 Å². The van der Waals surface area contributed by atoms with E-state index in [0.717, 1.165) is 35.2 Å². The van der Waals surface area contributed by atoms with E-state index in [1.54, 1.807) is 7.05 Å². The van der Waals surface area contributed by atoms with Crippen molar-refractivity contribution < 1.29 is 9.53 Å². The van der Waals surface area contributed by atoms with E-state index in [9.17, 15) is 4.79 Å². The zero-order valence-corrected chi connectivity index (χ0v) is 19.0. The number of fused-ring (bicyclic) bond motifs is 1. The summed E-state index contributed by atoms with van der Waals surface area (Å²) in [4.78, 5) is 14.6. The third kappa shape index (κ3) is 4.16. The van der Waals surface area contributed by atoms with Gasteiger partial charge in [-0.15, -0.1) is 0 Å². The smallest absolute Gasteiger partial charge is 0.265 e. The number of rotatable bonds is 6. The van der Waals surface area contributed by atoms with E-state index in [4.69, 9.17) is 17.0 Å². The highest BCUT2D eigenvalue weighted by atomic mass is 32.2. The molecular weight excluding hydrogens is 412 g/mol. The van der Waals surface area contributed by atoms with Gasteiger partial charge in [0.05, 0.1) is 11.4 Å². The van der Waals surface area contributed by atoms with Crippen molar-refractivity contribution in [3.63, 3.8) is 0 Å². The molecule has 0 N–H and O–H groups in total. The molecule has 0 aliphatic carbocycles. The van der Waals surface area contributed by atoms with Crippen molar-refractivity contribution in [2.75, 3.05) is 13.7 Å². The van der Waals surface area contributed by atoms with Crippen LogP contribution in [0.5, 0.6) is 5.75 Å². The highest BCUT2D eigenvalue weighted by Crippen LogP contribution is 2.33. The van der Waals surface area contributed by atoms with Crippen LogP contribution in [-0.2, 0) is 17.8 Å². The lowest BCUT2D eigenvalue weighted by molar-refractivity contribution is -0.121. The first kappa shape index (κ1) is 20.7. The number of nitrogens with zero attached hydrogens (tertiary/aromatic N) is 2. The molecular formula is C24H24N2O2S2. The SMILES string of the molecule is CCc1cc(C)cc(OCCn2cc(C=C3SC(=S)N(C)C3=O)c3ccccc32)c1. The number of hydrogen-bond acceptors (Lipinski definition) is 4. The first-order chi connectivity index (χ1) is 14.5. The van der Waals surface area contributed by atoms with Gasteiger partial charge in [0.15, 0.2) is 0 Å². The van der Waals surface area contributed by atoms with Crippen LogP contribution in [0.3, 0.4) is 0 Å². The molecule has 1 aliphatic rings. The number of ether oxygens (including phenoxy) is 1. The molecule has 1 saturated heterocycles. The number of hydrogen-bond donors (Lipinski definition) is 0. The van der Waals surface area contributed by atoms with Crippen LogP contribution >= 0.6 is 24.0 Å². The normalized spacial score (nSPS) is 15.6. The predicted octanol–water partition coefficient (Wildman–Crippen LogP) is 5.42. The Balaban J connectivity index is 1.56. The second-order valence-electron chi connectivity index (χ2n) is 7.39. The van der Waals surface area contributed by atoms with E-state index in [-0.39, 0.29) is 5.91 Å². The summed E-state index contributed by atoms with van der Waals surface area (Å²) in [6.07, 6.45) is 5.02. The van der Waals surface area contributed by atoms with Crippen molar-refractivity contribution >= 4 is 51.2 Å². The highest BCUT2D eigenvalue weighted by molar-refractivity contribution is 8.26. The van der Waals surface area contributed by atoms with Gasteiger partial charge in [0.2, 0.25) is 0 Å². The summed E-state index contributed by atoms with van der Waals surface area (Å²) in [5.41, 5.74) is 4.64. The lowest BCUT2D eigenvalue weighted by atomic mass is 10.1. The Morgan fingerprint density at radius 2 is 2.00 bits per heavy atom. The molecule has 0 atom stereocenters.